The van der Waals surface area contributed by atoms with Crippen molar-refractivity contribution < 1.29 is 0 Å². The van der Waals surface area contributed by atoms with E-state index in [1.807, 2.05) is 49.7 Å². The maximum Gasteiger partial charge on any atom is 0.191 e. The highest BCUT2D eigenvalue weighted by Gasteiger charge is 2.05. The Kier molecular flexibility index (Phi) is 8.32. The lowest BCUT2D eigenvalue weighted by atomic mass is 10.2. The molecular formula is C15H22ClIN6. The summed E-state index contributed by atoms with van der Waals surface area (Å²) < 4.78 is 1.95. The van der Waals surface area contributed by atoms with Crippen LogP contribution in [0, 0.1) is 6.92 Å². The highest BCUT2D eigenvalue weighted by atomic mass is 127. The van der Waals surface area contributed by atoms with Gasteiger partial charge < -0.3 is 15.2 Å². The van der Waals surface area contributed by atoms with Crippen LogP contribution in [-0.4, -0.2) is 27.3 Å². The Labute approximate surface area is 158 Å². The molecule has 0 bridgehead atoms. The molecule has 0 aliphatic carbocycles. The van der Waals surface area contributed by atoms with Crippen molar-refractivity contribution in [1.29, 1.82) is 0 Å². The predicted octanol–water partition coefficient (Wildman–Crippen LogP) is 2.65. The minimum Gasteiger partial charge on any atom is -0.357 e. The lowest BCUT2D eigenvalue weighted by molar-refractivity contribution is 0.718. The SMILES string of the molecule is CCNC(=NCc1ccc(Cl)cc1)NCc1nnc(C)n1C.I. The van der Waals surface area contributed by atoms with E-state index in [0.29, 0.717) is 13.1 Å². The number of rotatable bonds is 5. The molecule has 0 fully saturated rings. The quantitative estimate of drug-likeness (QED) is 0.419. The Morgan fingerprint density at radius 2 is 1.91 bits per heavy atom. The molecule has 23 heavy (non-hydrogen) atoms. The average molecular weight is 449 g/mol. The molecule has 0 amide bonds. The van der Waals surface area contributed by atoms with E-state index in [9.17, 15) is 0 Å². The molecule has 1 aromatic carbocycles. The van der Waals surface area contributed by atoms with Crippen molar-refractivity contribution in [3.63, 3.8) is 0 Å². The molecule has 0 atom stereocenters. The third-order valence-electron chi connectivity index (χ3n) is 3.27. The Bertz CT molecular complexity index is 638. The van der Waals surface area contributed by atoms with Crippen molar-refractivity contribution in [3.05, 3.63) is 46.5 Å². The first kappa shape index (κ1) is 19.7. The van der Waals surface area contributed by atoms with Gasteiger partial charge in [-0.2, -0.15) is 0 Å². The Balaban J connectivity index is 0.00000264. The maximum atomic E-state index is 5.88. The van der Waals surface area contributed by atoms with Crippen LogP contribution in [0.1, 0.15) is 24.1 Å². The average Bonchev–Trinajstić information content (AvgIpc) is 2.83. The molecule has 0 radical (unpaired) electrons. The molecule has 126 valence electrons. The van der Waals surface area contributed by atoms with E-state index in [-0.39, 0.29) is 24.0 Å². The number of hydrogen-bond acceptors (Lipinski definition) is 3. The summed E-state index contributed by atoms with van der Waals surface area (Å²) >= 11 is 5.88. The summed E-state index contributed by atoms with van der Waals surface area (Å²) in [5.41, 5.74) is 1.11. The van der Waals surface area contributed by atoms with Crippen molar-refractivity contribution in [3.8, 4) is 0 Å². The van der Waals surface area contributed by atoms with Crippen LogP contribution < -0.4 is 10.6 Å². The molecule has 2 N–H and O–H groups in total. The van der Waals surface area contributed by atoms with Crippen LogP contribution in [0.25, 0.3) is 0 Å². The molecule has 2 aromatic rings. The van der Waals surface area contributed by atoms with Crippen LogP contribution in [0.4, 0.5) is 0 Å². The van der Waals surface area contributed by atoms with Crippen LogP contribution >= 0.6 is 35.6 Å². The molecule has 0 saturated carbocycles. The number of aryl methyl sites for hydroxylation is 1. The monoisotopic (exact) mass is 448 g/mol. The summed E-state index contributed by atoms with van der Waals surface area (Å²) in [7, 11) is 1.95. The molecule has 6 nitrogen and oxygen atoms in total. The van der Waals surface area contributed by atoms with Gasteiger partial charge in [-0.3, -0.25) is 0 Å². The molecule has 0 unspecified atom stereocenters. The van der Waals surface area contributed by atoms with Crippen LogP contribution in [0.5, 0.6) is 0 Å². The summed E-state index contributed by atoms with van der Waals surface area (Å²) in [6.07, 6.45) is 0. The highest BCUT2D eigenvalue weighted by Crippen LogP contribution is 2.10. The second-order valence-electron chi connectivity index (χ2n) is 4.90. The van der Waals surface area contributed by atoms with Gasteiger partial charge in [-0.25, -0.2) is 4.99 Å². The second kappa shape index (κ2) is 9.71. The first-order chi connectivity index (χ1) is 10.6. The summed E-state index contributed by atoms with van der Waals surface area (Å²) in [6.45, 7) is 5.92. The van der Waals surface area contributed by atoms with Gasteiger partial charge in [-0.15, -0.1) is 34.2 Å². The Morgan fingerprint density at radius 3 is 2.48 bits per heavy atom. The van der Waals surface area contributed by atoms with Gasteiger partial charge in [-0.1, -0.05) is 23.7 Å². The van der Waals surface area contributed by atoms with Gasteiger partial charge in [-0.05, 0) is 31.5 Å². The molecule has 8 heteroatoms. The van der Waals surface area contributed by atoms with Crippen molar-refractivity contribution in [2.75, 3.05) is 6.54 Å². The second-order valence-corrected chi connectivity index (χ2v) is 5.33. The fraction of sp³-hybridized carbons (Fsp3) is 0.400. The summed E-state index contributed by atoms with van der Waals surface area (Å²) in [5.74, 6) is 2.51. The van der Waals surface area contributed by atoms with E-state index in [2.05, 4.69) is 25.8 Å². The molecule has 0 spiro atoms. The molecule has 0 aliphatic rings. The van der Waals surface area contributed by atoms with Gasteiger partial charge in [0.05, 0.1) is 13.1 Å². The predicted molar refractivity (Wildman–Crippen MR) is 104 cm³/mol. The topological polar surface area (TPSA) is 67.1 Å². The normalized spacial score (nSPS) is 11.0. The lowest BCUT2D eigenvalue weighted by Gasteiger charge is -2.11. The zero-order chi connectivity index (χ0) is 15.9. The van der Waals surface area contributed by atoms with Crippen LogP contribution in [0.3, 0.4) is 0 Å². The van der Waals surface area contributed by atoms with Gasteiger partial charge in [0.25, 0.3) is 0 Å². The number of aliphatic imine (C=N–C) groups is 1. The Hall–Kier alpha value is -1.35. The smallest absolute Gasteiger partial charge is 0.191 e. The van der Waals surface area contributed by atoms with Crippen molar-refractivity contribution in [2.45, 2.75) is 26.9 Å². The van der Waals surface area contributed by atoms with E-state index in [4.69, 9.17) is 11.6 Å². The lowest BCUT2D eigenvalue weighted by Crippen LogP contribution is -2.37. The van der Waals surface area contributed by atoms with E-state index in [1.54, 1.807) is 0 Å². The van der Waals surface area contributed by atoms with Gasteiger partial charge in [0.2, 0.25) is 0 Å². The number of hydrogen-bond donors (Lipinski definition) is 2. The van der Waals surface area contributed by atoms with E-state index in [1.165, 1.54) is 0 Å². The largest absolute Gasteiger partial charge is 0.357 e. The number of halogens is 2. The third-order valence-corrected chi connectivity index (χ3v) is 3.53. The minimum atomic E-state index is 0. The zero-order valence-electron chi connectivity index (χ0n) is 13.5. The minimum absolute atomic E-state index is 0. The fourth-order valence-electron chi connectivity index (χ4n) is 1.87. The number of nitrogens with one attached hydrogen (secondary N) is 2. The molecule has 1 heterocycles. The summed E-state index contributed by atoms with van der Waals surface area (Å²) in [5, 5.41) is 15.4. The van der Waals surface area contributed by atoms with Gasteiger partial charge in [0.1, 0.15) is 5.82 Å². The van der Waals surface area contributed by atoms with Crippen molar-refractivity contribution >= 4 is 41.5 Å². The zero-order valence-corrected chi connectivity index (χ0v) is 16.6. The number of guanidine groups is 1. The summed E-state index contributed by atoms with van der Waals surface area (Å²) in [4.78, 5) is 4.56. The van der Waals surface area contributed by atoms with Gasteiger partial charge in [0.15, 0.2) is 11.8 Å². The number of aromatic nitrogens is 3. The van der Waals surface area contributed by atoms with Crippen LogP contribution in [0.15, 0.2) is 29.3 Å². The fourth-order valence-corrected chi connectivity index (χ4v) is 2.00. The maximum absolute atomic E-state index is 5.88. The van der Waals surface area contributed by atoms with E-state index < -0.39 is 0 Å². The number of benzene rings is 1. The number of nitrogens with zero attached hydrogens (tertiary/aromatic N) is 4. The molecule has 2 rings (SSSR count). The molecule has 0 aliphatic heterocycles. The van der Waals surface area contributed by atoms with Gasteiger partial charge >= 0.3 is 0 Å². The van der Waals surface area contributed by atoms with Crippen molar-refractivity contribution in [1.82, 2.24) is 25.4 Å². The first-order valence-corrected chi connectivity index (χ1v) is 7.59. The highest BCUT2D eigenvalue weighted by molar-refractivity contribution is 14.0. The first-order valence-electron chi connectivity index (χ1n) is 7.21. The third kappa shape index (κ3) is 5.98. The van der Waals surface area contributed by atoms with E-state index in [0.717, 1.165) is 34.7 Å². The van der Waals surface area contributed by atoms with E-state index >= 15 is 0 Å². The summed E-state index contributed by atoms with van der Waals surface area (Å²) in [6, 6.07) is 7.69. The molecular weight excluding hydrogens is 427 g/mol. The Morgan fingerprint density at radius 1 is 1.22 bits per heavy atom. The molecule has 0 saturated heterocycles. The molecule has 1 aromatic heterocycles. The standard InChI is InChI=1S/C15H21ClN6.HI/c1-4-17-15(18-9-12-5-7-13(16)8-6-12)19-10-14-21-20-11(2)22(14)3;/h5-8H,4,9-10H2,1-3H3,(H2,17,18,19);1H. The van der Waals surface area contributed by atoms with Crippen LogP contribution in [-0.2, 0) is 20.1 Å². The van der Waals surface area contributed by atoms with Gasteiger partial charge in [0, 0.05) is 18.6 Å². The van der Waals surface area contributed by atoms with Crippen molar-refractivity contribution in [2.24, 2.45) is 12.0 Å². The van der Waals surface area contributed by atoms with Crippen LogP contribution in [0.2, 0.25) is 5.02 Å².